The van der Waals surface area contributed by atoms with Crippen LogP contribution in [0.25, 0.3) is 0 Å². The largest absolute Gasteiger partial charge is 0.417 e. The molecule has 1 heterocycles. The summed E-state index contributed by atoms with van der Waals surface area (Å²) in [5.41, 5.74) is 4.54. The number of rotatable bonds is 2. The zero-order chi connectivity index (χ0) is 15.8. The summed E-state index contributed by atoms with van der Waals surface area (Å²) in [6.07, 6.45) is -3.54. The van der Waals surface area contributed by atoms with E-state index in [1.807, 2.05) is 0 Å². The quantitative estimate of drug-likeness (QED) is 0.849. The molecule has 0 amide bonds. The molecule has 0 radical (unpaired) electrons. The summed E-state index contributed by atoms with van der Waals surface area (Å²) in [6, 6.07) is 2.68. The topological polar surface area (TPSA) is 63.4 Å². The van der Waals surface area contributed by atoms with Gasteiger partial charge in [0.15, 0.2) is 0 Å². The SMILES string of the molecule is NC1CCCN(S(=O)(=O)c2ccc(Br)cc2C(F)(F)F)C1. The van der Waals surface area contributed by atoms with Crippen LogP contribution in [0.2, 0.25) is 0 Å². The predicted molar refractivity (Wildman–Crippen MR) is 75.1 cm³/mol. The van der Waals surface area contributed by atoms with Gasteiger partial charge in [-0.15, -0.1) is 0 Å². The fourth-order valence-electron chi connectivity index (χ4n) is 2.28. The normalized spacial score (nSPS) is 21.5. The summed E-state index contributed by atoms with van der Waals surface area (Å²) in [5, 5.41) is 0. The van der Waals surface area contributed by atoms with E-state index < -0.39 is 26.7 Å². The number of nitrogens with two attached hydrogens (primary N) is 1. The molecule has 1 aromatic carbocycles. The third-order valence-electron chi connectivity index (χ3n) is 3.29. The van der Waals surface area contributed by atoms with E-state index in [2.05, 4.69) is 15.9 Å². The monoisotopic (exact) mass is 386 g/mol. The summed E-state index contributed by atoms with van der Waals surface area (Å²) in [7, 11) is -4.21. The number of benzene rings is 1. The van der Waals surface area contributed by atoms with Crippen LogP contribution in [0, 0.1) is 0 Å². The molecule has 1 aliphatic heterocycles. The van der Waals surface area contributed by atoms with Crippen LogP contribution >= 0.6 is 15.9 Å². The summed E-state index contributed by atoms with van der Waals surface area (Å²) in [4.78, 5) is -0.729. The second-order valence-electron chi connectivity index (χ2n) is 4.90. The first-order valence-corrected chi connectivity index (χ1v) is 8.48. The highest BCUT2D eigenvalue weighted by molar-refractivity contribution is 9.10. The lowest BCUT2D eigenvalue weighted by atomic mass is 10.1. The molecular formula is C12H14BrF3N2O2S. The van der Waals surface area contributed by atoms with Gasteiger partial charge in [-0.05, 0) is 31.0 Å². The van der Waals surface area contributed by atoms with Crippen molar-refractivity contribution in [2.45, 2.75) is 30.0 Å². The first kappa shape index (κ1) is 16.7. The number of sulfonamides is 1. The van der Waals surface area contributed by atoms with E-state index in [1.165, 1.54) is 6.07 Å². The lowest BCUT2D eigenvalue weighted by Crippen LogP contribution is -2.45. The summed E-state index contributed by atoms with van der Waals surface area (Å²) in [5.74, 6) is 0. The van der Waals surface area contributed by atoms with Crippen molar-refractivity contribution in [3.8, 4) is 0 Å². The molecule has 118 valence electrons. The van der Waals surface area contributed by atoms with Crippen LogP contribution in [-0.4, -0.2) is 31.9 Å². The van der Waals surface area contributed by atoms with Crippen LogP contribution in [0.3, 0.4) is 0 Å². The van der Waals surface area contributed by atoms with Crippen LogP contribution in [0.5, 0.6) is 0 Å². The molecule has 21 heavy (non-hydrogen) atoms. The maximum Gasteiger partial charge on any atom is 0.417 e. The summed E-state index contributed by atoms with van der Waals surface area (Å²) in [6.45, 7) is 0.221. The van der Waals surface area contributed by atoms with Gasteiger partial charge in [-0.25, -0.2) is 8.42 Å². The Bertz CT molecular complexity index is 634. The van der Waals surface area contributed by atoms with E-state index in [-0.39, 0.29) is 23.6 Å². The van der Waals surface area contributed by atoms with Gasteiger partial charge >= 0.3 is 6.18 Å². The molecular weight excluding hydrogens is 373 g/mol. The number of nitrogens with zero attached hydrogens (tertiary/aromatic N) is 1. The average molecular weight is 387 g/mol. The summed E-state index contributed by atoms with van der Waals surface area (Å²) < 4.78 is 65.4. The Morgan fingerprint density at radius 3 is 2.57 bits per heavy atom. The molecule has 4 nitrogen and oxygen atoms in total. The van der Waals surface area contributed by atoms with Crippen LogP contribution < -0.4 is 5.73 Å². The number of hydrogen-bond acceptors (Lipinski definition) is 3. The molecule has 1 fully saturated rings. The summed E-state index contributed by atoms with van der Waals surface area (Å²) >= 11 is 2.93. The number of piperidine rings is 1. The van der Waals surface area contributed by atoms with Gasteiger partial charge in [0.1, 0.15) is 0 Å². The van der Waals surface area contributed by atoms with Crippen molar-refractivity contribution in [2.75, 3.05) is 13.1 Å². The van der Waals surface area contributed by atoms with Gasteiger partial charge in [-0.1, -0.05) is 15.9 Å². The van der Waals surface area contributed by atoms with Gasteiger partial charge in [0.2, 0.25) is 10.0 Å². The molecule has 0 bridgehead atoms. The number of alkyl halides is 3. The minimum atomic E-state index is -4.75. The molecule has 1 atom stereocenters. The fraction of sp³-hybridized carbons (Fsp3) is 0.500. The Balaban J connectivity index is 2.50. The molecule has 2 rings (SSSR count). The molecule has 1 unspecified atom stereocenters. The second-order valence-corrected chi connectivity index (χ2v) is 7.73. The van der Waals surface area contributed by atoms with Gasteiger partial charge in [-0.3, -0.25) is 0 Å². The second kappa shape index (κ2) is 5.86. The third-order valence-corrected chi connectivity index (χ3v) is 5.70. The van der Waals surface area contributed by atoms with E-state index in [0.29, 0.717) is 12.8 Å². The predicted octanol–water partition coefficient (Wildman–Crippen LogP) is 2.58. The lowest BCUT2D eigenvalue weighted by molar-refractivity contribution is -0.140. The molecule has 9 heteroatoms. The van der Waals surface area contributed by atoms with E-state index in [4.69, 9.17) is 5.73 Å². The van der Waals surface area contributed by atoms with Crippen LogP contribution in [0.4, 0.5) is 13.2 Å². The number of hydrogen-bond donors (Lipinski definition) is 1. The maximum absolute atomic E-state index is 13.1. The Morgan fingerprint density at radius 1 is 1.33 bits per heavy atom. The highest BCUT2D eigenvalue weighted by Gasteiger charge is 2.40. The van der Waals surface area contributed by atoms with Crippen molar-refractivity contribution < 1.29 is 21.6 Å². The molecule has 2 N–H and O–H groups in total. The van der Waals surface area contributed by atoms with E-state index >= 15 is 0 Å². The van der Waals surface area contributed by atoms with E-state index in [0.717, 1.165) is 16.4 Å². The molecule has 1 aliphatic rings. The highest BCUT2D eigenvalue weighted by Crippen LogP contribution is 2.37. The number of halogens is 4. The smallest absolute Gasteiger partial charge is 0.327 e. The Hall–Kier alpha value is -0.640. The molecule has 0 aliphatic carbocycles. The lowest BCUT2D eigenvalue weighted by Gasteiger charge is -2.30. The minimum Gasteiger partial charge on any atom is -0.327 e. The molecule has 0 saturated carbocycles. The van der Waals surface area contributed by atoms with Gasteiger partial charge < -0.3 is 5.73 Å². The van der Waals surface area contributed by atoms with Crippen molar-refractivity contribution in [1.82, 2.24) is 4.31 Å². The van der Waals surface area contributed by atoms with Gasteiger partial charge in [-0.2, -0.15) is 17.5 Å². The zero-order valence-electron chi connectivity index (χ0n) is 10.9. The average Bonchev–Trinajstić information content (AvgIpc) is 2.37. The Morgan fingerprint density at radius 2 is 2.00 bits per heavy atom. The van der Waals surface area contributed by atoms with Crippen molar-refractivity contribution in [3.63, 3.8) is 0 Å². The standard InChI is InChI=1S/C12H14BrF3N2O2S/c13-8-3-4-11(10(6-8)12(14,15)16)21(19,20)18-5-1-2-9(17)7-18/h3-4,6,9H,1-2,5,7,17H2. The van der Waals surface area contributed by atoms with Crippen molar-refractivity contribution >= 4 is 26.0 Å². The third kappa shape index (κ3) is 3.58. The highest BCUT2D eigenvalue weighted by atomic mass is 79.9. The van der Waals surface area contributed by atoms with Gasteiger partial charge in [0.25, 0.3) is 0 Å². The first-order chi connectivity index (χ1) is 9.62. The molecule has 0 spiro atoms. The van der Waals surface area contributed by atoms with Crippen molar-refractivity contribution in [2.24, 2.45) is 5.73 Å². The van der Waals surface area contributed by atoms with Gasteiger partial charge in [0, 0.05) is 23.6 Å². The van der Waals surface area contributed by atoms with E-state index in [1.54, 1.807) is 0 Å². The molecule has 0 aromatic heterocycles. The van der Waals surface area contributed by atoms with Crippen LogP contribution in [0.1, 0.15) is 18.4 Å². The van der Waals surface area contributed by atoms with Crippen molar-refractivity contribution in [3.05, 3.63) is 28.2 Å². The molecule has 1 aromatic rings. The Kier molecular flexibility index (Phi) is 4.67. The first-order valence-electron chi connectivity index (χ1n) is 6.25. The van der Waals surface area contributed by atoms with Gasteiger partial charge in [0.05, 0.1) is 10.5 Å². The van der Waals surface area contributed by atoms with Crippen LogP contribution in [-0.2, 0) is 16.2 Å². The zero-order valence-corrected chi connectivity index (χ0v) is 13.3. The molecule has 1 saturated heterocycles. The fourth-order valence-corrected chi connectivity index (χ4v) is 4.37. The Labute approximate surface area is 129 Å². The minimum absolute atomic E-state index is 0.0374. The van der Waals surface area contributed by atoms with Crippen LogP contribution in [0.15, 0.2) is 27.6 Å². The van der Waals surface area contributed by atoms with E-state index in [9.17, 15) is 21.6 Å². The van der Waals surface area contributed by atoms with Crippen molar-refractivity contribution in [1.29, 1.82) is 0 Å². The maximum atomic E-state index is 13.1.